The van der Waals surface area contributed by atoms with Gasteiger partial charge < -0.3 is 14.7 Å². The van der Waals surface area contributed by atoms with Crippen LogP contribution in [-0.2, 0) is 11.3 Å². The van der Waals surface area contributed by atoms with Crippen LogP contribution >= 0.6 is 15.9 Å². The van der Waals surface area contributed by atoms with E-state index in [2.05, 4.69) is 15.9 Å². The summed E-state index contributed by atoms with van der Waals surface area (Å²) < 4.78 is 6.16. The molecule has 0 heterocycles. The van der Waals surface area contributed by atoms with Gasteiger partial charge in [-0.25, -0.2) is 0 Å². The Morgan fingerprint density at radius 1 is 1.50 bits per heavy atom. The lowest BCUT2D eigenvalue weighted by Crippen LogP contribution is -2.42. The summed E-state index contributed by atoms with van der Waals surface area (Å²) in [7, 11) is 3.24. The van der Waals surface area contributed by atoms with Gasteiger partial charge in [-0.15, -0.1) is 0 Å². The molecule has 0 atom stereocenters. The molecule has 0 aromatic heterocycles. The van der Waals surface area contributed by atoms with Gasteiger partial charge in [0.25, 0.3) is 5.91 Å². The van der Waals surface area contributed by atoms with Crippen LogP contribution in [0.25, 0.3) is 0 Å². The number of amides is 1. The highest BCUT2D eigenvalue weighted by Crippen LogP contribution is 2.24. The van der Waals surface area contributed by atoms with E-state index in [4.69, 9.17) is 4.74 Å². The highest BCUT2D eigenvalue weighted by Gasteiger charge is 2.27. The van der Waals surface area contributed by atoms with Crippen LogP contribution in [0.5, 0.6) is 5.75 Å². The minimum atomic E-state index is -1.37. The lowest BCUT2D eigenvalue weighted by molar-refractivity contribution is -0.147. The Hall–Kier alpha value is -1.07. The highest BCUT2D eigenvalue weighted by atomic mass is 79.9. The van der Waals surface area contributed by atoms with Gasteiger partial charge in [0.05, 0.1) is 7.11 Å². The molecule has 0 aliphatic rings. The maximum atomic E-state index is 11.9. The van der Waals surface area contributed by atoms with Crippen molar-refractivity contribution in [2.24, 2.45) is 0 Å². The first kappa shape index (κ1) is 15.0. The minimum Gasteiger partial charge on any atom is -0.496 e. The van der Waals surface area contributed by atoms with E-state index in [9.17, 15) is 9.90 Å². The molecular weight excluding hydrogens is 298 g/mol. The van der Waals surface area contributed by atoms with E-state index in [1.165, 1.54) is 18.7 Å². The van der Waals surface area contributed by atoms with Crippen molar-refractivity contribution in [2.45, 2.75) is 26.0 Å². The molecule has 0 aliphatic heterocycles. The average molecular weight is 316 g/mol. The van der Waals surface area contributed by atoms with Gasteiger partial charge in [-0.1, -0.05) is 15.9 Å². The van der Waals surface area contributed by atoms with Crippen LogP contribution in [0.3, 0.4) is 0 Å². The molecule has 100 valence electrons. The van der Waals surface area contributed by atoms with Crippen molar-refractivity contribution in [1.82, 2.24) is 4.90 Å². The number of carbonyl (C=O) groups is 1. The Morgan fingerprint density at radius 3 is 2.61 bits per heavy atom. The first-order chi connectivity index (χ1) is 8.25. The van der Waals surface area contributed by atoms with E-state index in [1.54, 1.807) is 14.2 Å². The Balaban J connectivity index is 2.91. The number of rotatable bonds is 4. The van der Waals surface area contributed by atoms with Crippen molar-refractivity contribution in [3.8, 4) is 5.75 Å². The van der Waals surface area contributed by atoms with Crippen molar-refractivity contribution >= 4 is 21.8 Å². The third-order valence-electron chi connectivity index (χ3n) is 2.52. The predicted molar refractivity (Wildman–Crippen MR) is 73.5 cm³/mol. The molecular formula is C13H18BrNO3. The lowest BCUT2D eigenvalue weighted by Gasteiger charge is -2.25. The molecule has 1 aromatic carbocycles. The first-order valence-corrected chi connectivity index (χ1v) is 6.35. The number of carbonyl (C=O) groups excluding carboxylic acids is 1. The van der Waals surface area contributed by atoms with Gasteiger partial charge in [0.1, 0.15) is 11.4 Å². The minimum absolute atomic E-state index is 0.329. The van der Waals surface area contributed by atoms with Crippen LogP contribution in [0.4, 0.5) is 0 Å². The molecule has 0 aliphatic carbocycles. The summed E-state index contributed by atoms with van der Waals surface area (Å²) in [5.41, 5.74) is -0.486. The fourth-order valence-corrected chi connectivity index (χ4v) is 2.07. The summed E-state index contributed by atoms with van der Waals surface area (Å²) in [5.74, 6) is 0.387. The molecule has 0 saturated carbocycles. The van der Waals surface area contributed by atoms with Crippen LogP contribution in [0.1, 0.15) is 19.4 Å². The predicted octanol–water partition coefficient (Wildman–Crippen LogP) is 2.19. The lowest BCUT2D eigenvalue weighted by atomic mass is 10.1. The van der Waals surface area contributed by atoms with Crippen molar-refractivity contribution in [3.05, 3.63) is 28.2 Å². The molecule has 1 N–H and O–H groups in total. The van der Waals surface area contributed by atoms with Crippen LogP contribution in [0, 0.1) is 0 Å². The van der Waals surface area contributed by atoms with Gasteiger partial charge in [0.2, 0.25) is 0 Å². The van der Waals surface area contributed by atoms with Crippen LogP contribution in [0.15, 0.2) is 22.7 Å². The fraction of sp³-hybridized carbons (Fsp3) is 0.462. The third kappa shape index (κ3) is 3.71. The van der Waals surface area contributed by atoms with Crippen molar-refractivity contribution < 1.29 is 14.6 Å². The summed E-state index contributed by atoms with van der Waals surface area (Å²) in [6, 6.07) is 5.61. The number of ether oxygens (including phenoxy) is 1. The van der Waals surface area contributed by atoms with Crippen LogP contribution < -0.4 is 4.74 Å². The Morgan fingerprint density at radius 2 is 2.11 bits per heavy atom. The number of aliphatic hydroxyl groups is 1. The maximum absolute atomic E-state index is 11.9. The van der Waals surface area contributed by atoms with E-state index in [0.717, 1.165) is 10.0 Å². The van der Waals surface area contributed by atoms with E-state index >= 15 is 0 Å². The molecule has 0 radical (unpaired) electrons. The SMILES string of the molecule is COc1ccc(Br)cc1CN(C)C(=O)C(C)(C)O. The number of halogens is 1. The third-order valence-corrected chi connectivity index (χ3v) is 3.01. The summed E-state index contributed by atoms with van der Waals surface area (Å²) in [6.07, 6.45) is 0. The second-order valence-corrected chi connectivity index (χ2v) is 5.59. The molecule has 1 aromatic rings. The summed E-state index contributed by atoms with van der Waals surface area (Å²) in [5, 5.41) is 9.68. The molecule has 0 fully saturated rings. The second kappa shape index (κ2) is 5.71. The van der Waals surface area contributed by atoms with Crippen LogP contribution in [-0.4, -0.2) is 35.7 Å². The van der Waals surface area contributed by atoms with E-state index in [-0.39, 0.29) is 5.91 Å². The van der Waals surface area contributed by atoms with Gasteiger partial charge in [-0.2, -0.15) is 0 Å². The summed E-state index contributed by atoms with van der Waals surface area (Å²) in [6.45, 7) is 3.33. The molecule has 0 saturated heterocycles. The number of methoxy groups -OCH3 is 1. The first-order valence-electron chi connectivity index (χ1n) is 5.56. The van der Waals surface area contributed by atoms with Gasteiger partial charge >= 0.3 is 0 Å². The van der Waals surface area contributed by atoms with Crippen molar-refractivity contribution in [2.75, 3.05) is 14.2 Å². The monoisotopic (exact) mass is 315 g/mol. The molecule has 4 nitrogen and oxygen atoms in total. The van der Waals surface area contributed by atoms with Gasteiger partial charge in [-0.05, 0) is 32.0 Å². The standard InChI is InChI=1S/C13H18BrNO3/c1-13(2,17)12(16)15(3)8-9-7-10(14)5-6-11(9)18-4/h5-7,17H,8H2,1-4H3. The largest absolute Gasteiger partial charge is 0.496 e. The van der Waals surface area contributed by atoms with Gasteiger partial charge in [0, 0.05) is 23.6 Å². The maximum Gasteiger partial charge on any atom is 0.253 e. The molecule has 1 rings (SSSR count). The smallest absolute Gasteiger partial charge is 0.253 e. The second-order valence-electron chi connectivity index (χ2n) is 4.68. The zero-order valence-corrected chi connectivity index (χ0v) is 12.6. The molecule has 18 heavy (non-hydrogen) atoms. The van der Waals surface area contributed by atoms with Crippen molar-refractivity contribution in [3.63, 3.8) is 0 Å². The van der Waals surface area contributed by atoms with E-state index in [1.807, 2.05) is 18.2 Å². The van der Waals surface area contributed by atoms with Gasteiger partial charge in [-0.3, -0.25) is 4.79 Å². The number of likely N-dealkylation sites (N-methyl/N-ethyl adjacent to an activating group) is 1. The number of hydrogen-bond donors (Lipinski definition) is 1. The Labute approximate surface area is 116 Å². The zero-order chi connectivity index (χ0) is 13.9. The molecule has 0 spiro atoms. The zero-order valence-electron chi connectivity index (χ0n) is 11.0. The van der Waals surface area contributed by atoms with Gasteiger partial charge in [0.15, 0.2) is 0 Å². The molecule has 5 heteroatoms. The summed E-state index contributed by atoms with van der Waals surface area (Å²) >= 11 is 3.38. The molecule has 0 unspecified atom stereocenters. The van der Waals surface area contributed by atoms with E-state index in [0.29, 0.717) is 12.3 Å². The Bertz CT molecular complexity index is 440. The van der Waals surface area contributed by atoms with Crippen LogP contribution in [0.2, 0.25) is 0 Å². The van der Waals surface area contributed by atoms with E-state index < -0.39 is 5.60 Å². The number of nitrogens with zero attached hydrogens (tertiary/aromatic N) is 1. The van der Waals surface area contributed by atoms with Crippen molar-refractivity contribution in [1.29, 1.82) is 0 Å². The molecule has 1 amide bonds. The quantitative estimate of drug-likeness (QED) is 0.926. The summed E-state index contributed by atoms with van der Waals surface area (Å²) in [4.78, 5) is 13.4. The number of hydrogen-bond acceptors (Lipinski definition) is 3. The number of benzene rings is 1. The normalized spacial score (nSPS) is 11.2. The average Bonchev–Trinajstić information content (AvgIpc) is 2.27. The molecule has 0 bridgehead atoms. The topological polar surface area (TPSA) is 49.8 Å². The Kier molecular flexibility index (Phi) is 4.76. The highest BCUT2D eigenvalue weighted by molar-refractivity contribution is 9.10. The fourth-order valence-electron chi connectivity index (χ4n) is 1.67.